The first kappa shape index (κ1) is 23.0. The molecule has 0 saturated heterocycles. The zero-order valence-corrected chi connectivity index (χ0v) is 22.7. The fraction of sp³-hybridized carbons (Fsp3) is 0. The lowest BCUT2D eigenvalue weighted by Crippen LogP contribution is -2.25. The van der Waals surface area contributed by atoms with Crippen molar-refractivity contribution in [2.24, 2.45) is 0 Å². The van der Waals surface area contributed by atoms with Gasteiger partial charge in [-0.2, -0.15) is 4.40 Å². The molecule has 1 N–H and O–H groups in total. The summed E-state index contributed by atoms with van der Waals surface area (Å²) in [5.41, 5.74) is 7.98. The quantitative estimate of drug-likeness (QED) is 0.177. The van der Waals surface area contributed by atoms with Crippen LogP contribution in [0.3, 0.4) is 0 Å². The minimum absolute atomic E-state index is 0.901. The number of hydrogen-bond donors (Lipinski definition) is 1. The van der Waals surface area contributed by atoms with Crippen LogP contribution in [0.1, 0.15) is 0 Å². The van der Waals surface area contributed by atoms with Crippen LogP contribution in [0.25, 0.3) is 77.5 Å². The molecule has 0 radical (unpaired) electrons. The Hall–Kier alpha value is -5.74. The Morgan fingerprint density at radius 2 is 1.12 bits per heavy atom. The van der Waals surface area contributed by atoms with Crippen molar-refractivity contribution < 1.29 is 4.40 Å². The van der Waals surface area contributed by atoms with Crippen molar-refractivity contribution in [1.82, 2.24) is 14.5 Å². The van der Waals surface area contributed by atoms with E-state index in [1.807, 2.05) is 12.3 Å². The smallest absolute Gasteiger partial charge is 0.290 e. The molecule has 196 valence electrons. The molecule has 9 aromatic rings. The van der Waals surface area contributed by atoms with Crippen molar-refractivity contribution in [2.45, 2.75) is 0 Å². The van der Waals surface area contributed by atoms with Gasteiger partial charge in [0.2, 0.25) is 0 Å². The van der Waals surface area contributed by atoms with Gasteiger partial charge in [0.15, 0.2) is 16.7 Å². The van der Waals surface area contributed by atoms with Crippen molar-refractivity contribution >= 4 is 49.0 Å². The summed E-state index contributed by atoms with van der Waals surface area (Å²) in [5.74, 6) is 1.95. The SMILES string of the molecule is c1ccc(-c2[nH]c(-c3ccccc3)[n+]3c2c2ccccc2c2ccc4c5ccccc5n(-c5ccccn5)c4c23)cc1. The van der Waals surface area contributed by atoms with Crippen LogP contribution in [-0.4, -0.2) is 14.5 Å². The van der Waals surface area contributed by atoms with Gasteiger partial charge in [-0.15, -0.1) is 0 Å². The number of aromatic nitrogens is 4. The molecule has 0 atom stereocenters. The van der Waals surface area contributed by atoms with E-state index in [-0.39, 0.29) is 0 Å². The van der Waals surface area contributed by atoms with E-state index in [0.717, 1.165) is 50.5 Å². The van der Waals surface area contributed by atoms with E-state index in [4.69, 9.17) is 4.98 Å². The van der Waals surface area contributed by atoms with Crippen LogP contribution < -0.4 is 4.40 Å². The second-order valence-corrected chi connectivity index (χ2v) is 10.7. The number of hydrogen-bond acceptors (Lipinski definition) is 1. The van der Waals surface area contributed by atoms with Crippen LogP contribution >= 0.6 is 0 Å². The number of aromatic amines is 1. The molecule has 0 fully saturated rings. The molecular weight excluding hydrogens is 512 g/mol. The number of rotatable bonds is 3. The van der Waals surface area contributed by atoms with Crippen molar-refractivity contribution in [2.75, 3.05) is 0 Å². The highest BCUT2D eigenvalue weighted by atomic mass is 15.1. The summed E-state index contributed by atoms with van der Waals surface area (Å²) in [6.07, 6.45) is 1.87. The fourth-order valence-electron chi connectivity index (χ4n) is 6.68. The van der Waals surface area contributed by atoms with Crippen LogP contribution in [0.2, 0.25) is 0 Å². The Labute approximate surface area is 241 Å². The monoisotopic (exact) mass is 537 g/mol. The van der Waals surface area contributed by atoms with Crippen LogP contribution in [-0.2, 0) is 0 Å². The zero-order valence-electron chi connectivity index (χ0n) is 22.7. The Morgan fingerprint density at radius 1 is 0.500 bits per heavy atom. The van der Waals surface area contributed by atoms with Gasteiger partial charge in [-0.1, -0.05) is 97.1 Å². The third-order valence-electron chi connectivity index (χ3n) is 8.42. The predicted octanol–water partition coefficient (Wildman–Crippen LogP) is 8.89. The first-order valence-corrected chi connectivity index (χ1v) is 14.2. The van der Waals surface area contributed by atoms with E-state index in [0.29, 0.717) is 0 Å². The lowest BCUT2D eigenvalue weighted by atomic mass is 10.0. The van der Waals surface area contributed by atoms with Gasteiger partial charge in [0.05, 0.1) is 11.1 Å². The summed E-state index contributed by atoms with van der Waals surface area (Å²) in [6.45, 7) is 0. The van der Waals surface area contributed by atoms with Gasteiger partial charge >= 0.3 is 0 Å². The number of benzene rings is 5. The van der Waals surface area contributed by atoms with Gasteiger partial charge in [0, 0.05) is 33.3 Å². The fourth-order valence-corrected chi connectivity index (χ4v) is 6.68. The first-order chi connectivity index (χ1) is 20.9. The number of H-pyrrole nitrogens is 1. The molecule has 0 spiro atoms. The van der Waals surface area contributed by atoms with Crippen molar-refractivity contribution in [3.8, 4) is 28.5 Å². The molecular formula is C38H25N4+. The zero-order chi connectivity index (χ0) is 27.6. The molecule has 4 nitrogen and oxygen atoms in total. The molecule has 0 amide bonds. The first-order valence-electron chi connectivity index (χ1n) is 14.2. The van der Waals surface area contributed by atoms with Gasteiger partial charge in [-0.3, -0.25) is 4.57 Å². The largest absolute Gasteiger partial charge is 0.292 e. The van der Waals surface area contributed by atoms with Crippen LogP contribution in [0.15, 0.2) is 146 Å². The number of fused-ring (bicyclic) bond motifs is 10. The molecule has 4 heteroatoms. The Kier molecular flexibility index (Phi) is 4.87. The average Bonchev–Trinajstić information content (AvgIpc) is 3.63. The van der Waals surface area contributed by atoms with Gasteiger partial charge < -0.3 is 0 Å². The molecule has 4 heterocycles. The van der Waals surface area contributed by atoms with E-state index in [2.05, 4.69) is 147 Å². The second kappa shape index (κ2) is 8.88. The molecule has 0 bridgehead atoms. The molecule has 0 saturated carbocycles. The predicted molar refractivity (Wildman–Crippen MR) is 172 cm³/mol. The Morgan fingerprint density at radius 3 is 1.88 bits per heavy atom. The summed E-state index contributed by atoms with van der Waals surface area (Å²) in [4.78, 5) is 8.75. The van der Waals surface area contributed by atoms with Gasteiger partial charge in [-0.25, -0.2) is 9.97 Å². The van der Waals surface area contributed by atoms with E-state index in [1.165, 1.54) is 26.9 Å². The normalized spacial score (nSPS) is 11.8. The average molecular weight is 538 g/mol. The summed E-state index contributed by atoms with van der Waals surface area (Å²) in [7, 11) is 0. The maximum atomic E-state index is 4.85. The van der Waals surface area contributed by atoms with Gasteiger partial charge in [-0.05, 0) is 47.9 Å². The van der Waals surface area contributed by atoms with E-state index in [9.17, 15) is 0 Å². The highest BCUT2D eigenvalue weighted by molar-refractivity contribution is 6.22. The number of nitrogens with one attached hydrogen (secondary N) is 1. The molecule has 0 unspecified atom stereocenters. The van der Waals surface area contributed by atoms with Crippen molar-refractivity contribution in [3.05, 3.63) is 146 Å². The number of para-hydroxylation sites is 1. The summed E-state index contributed by atoms with van der Waals surface area (Å²) < 4.78 is 4.79. The standard InChI is InChI=1S/C38H24N4/c1-3-13-25(14-4-1)34-35-29-19-8-7-17-27(29)30-22-23-31-28-18-9-10-20-32(28)41(33-21-11-12-24-39-33)36(31)37(30)42(35)38(40-34)26-15-5-2-6-16-26/h1-24H/p+1. The third-order valence-corrected chi connectivity index (χ3v) is 8.42. The maximum absolute atomic E-state index is 4.85. The lowest BCUT2D eigenvalue weighted by Gasteiger charge is -2.11. The van der Waals surface area contributed by atoms with Crippen molar-refractivity contribution in [3.63, 3.8) is 0 Å². The van der Waals surface area contributed by atoms with Gasteiger partial charge in [0.25, 0.3) is 5.82 Å². The van der Waals surface area contributed by atoms with Crippen LogP contribution in [0.5, 0.6) is 0 Å². The Bertz CT molecular complexity index is 2440. The van der Waals surface area contributed by atoms with Gasteiger partial charge in [0.1, 0.15) is 11.3 Å². The minimum atomic E-state index is 0.901. The maximum Gasteiger partial charge on any atom is 0.292 e. The highest BCUT2D eigenvalue weighted by Gasteiger charge is 2.29. The molecule has 42 heavy (non-hydrogen) atoms. The summed E-state index contributed by atoms with van der Waals surface area (Å²) in [5, 5.41) is 6.05. The van der Waals surface area contributed by atoms with Crippen LogP contribution in [0.4, 0.5) is 0 Å². The molecule has 0 aliphatic rings. The third kappa shape index (κ3) is 3.17. The van der Waals surface area contributed by atoms with Crippen LogP contribution in [0, 0.1) is 0 Å². The number of nitrogens with zero attached hydrogens (tertiary/aromatic N) is 3. The molecule has 5 aromatic carbocycles. The summed E-state index contributed by atoms with van der Waals surface area (Å²) in [6, 6.07) is 49.4. The van der Waals surface area contributed by atoms with Crippen molar-refractivity contribution in [1.29, 1.82) is 0 Å². The molecule has 4 aromatic heterocycles. The Balaban J connectivity index is 1.62. The molecule has 0 aliphatic carbocycles. The van der Waals surface area contributed by atoms with E-state index in [1.54, 1.807) is 0 Å². The molecule has 9 rings (SSSR count). The number of pyridine rings is 2. The lowest BCUT2D eigenvalue weighted by molar-refractivity contribution is -0.465. The van der Waals surface area contributed by atoms with E-state index < -0.39 is 0 Å². The van der Waals surface area contributed by atoms with E-state index >= 15 is 0 Å². The highest BCUT2D eigenvalue weighted by Crippen LogP contribution is 2.40. The molecule has 0 aliphatic heterocycles. The summed E-state index contributed by atoms with van der Waals surface area (Å²) >= 11 is 0. The number of imidazole rings is 1. The minimum Gasteiger partial charge on any atom is -0.290 e. The second-order valence-electron chi connectivity index (χ2n) is 10.7. The topological polar surface area (TPSA) is 37.7 Å².